The smallest absolute Gasteiger partial charge is 0.332 e. The van der Waals surface area contributed by atoms with E-state index in [2.05, 4.69) is 10.1 Å². The standard InChI is InChI=1S/C10H15N3O3/c1-3-8-11-9(13(2)12-8)6-4-5-7(16-6)10(14)15/h6-7H,3-5H2,1-2H3,(H,14,15). The molecular weight excluding hydrogens is 210 g/mol. The van der Waals surface area contributed by atoms with Crippen molar-refractivity contribution in [1.82, 2.24) is 14.8 Å². The number of aliphatic carboxylic acids is 1. The molecule has 6 nitrogen and oxygen atoms in total. The van der Waals surface area contributed by atoms with Crippen molar-refractivity contribution in [3.05, 3.63) is 11.6 Å². The largest absolute Gasteiger partial charge is 0.479 e. The number of carboxylic acids is 1. The van der Waals surface area contributed by atoms with Crippen LogP contribution in [0.3, 0.4) is 0 Å². The van der Waals surface area contributed by atoms with Gasteiger partial charge >= 0.3 is 5.97 Å². The Labute approximate surface area is 93.2 Å². The first kappa shape index (κ1) is 11.1. The maximum Gasteiger partial charge on any atom is 0.332 e. The van der Waals surface area contributed by atoms with E-state index in [1.165, 1.54) is 0 Å². The number of hydrogen-bond donors (Lipinski definition) is 1. The van der Waals surface area contributed by atoms with Crippen molar-refractivity contribution in [1.29, 1.82) is 0 Å². The van der Waals surface area contributed by atoms with Crippen LogP contribution in [0.1, 0.15) is 37.5 Å². The molecule has 1 N–H and O–H groups in total. The highest BCUT2D eigenvalue weighted by Crippen LogP contribution is 2.31. The molecule has 88 valence electrons. The summed E-state index contributed by atoms with van der Waals surface area (Å²) in [6.07, 6.45) is 1.05. The van der Waals surface area contributed by atoms with Gasteiger partial charge in [-0.2, -0.15) is 5.10 Å². The van der Waals surface area contributed by atoms with E-state index in [0.717, 1.165) is 18.1 Å². The second kappa shape index (κ2) is 4.21. The maximum atomic E-state index is 10.8. The van der Waals surface area contributed by atoms with Crippen LogP contribution in [0, 0.1) is 0 Å². The Balaban J connectivity index is 2.13. The second-order valence-corrected chi connectivity index (χ2v) is 3.89. The zero-order valence-electron chi connectivity index (χ0n) is 9.38. The first-order chi connectivity index (χ1) is 7.61. The minimum atomic E-state index is -0.902. The molecule has 0 aromatic carbocycles. The highest BCUT2D eigenvalue weighted by atomic mass is 16.5. The number of hydrogen-bond acceptors (Lipinski definition) is 4. The molecule has 6 heteroatoms. The third-order valence-corrected chi connectivity index (χ3v) is 2.74. The first-order valence-corrected chi connectivity index (χ1v) is 5.40. The summed E-state index contributed by atoms with van der Waals surface area (Å²) in [4.78, 5) is 15.1. The van der Waals surface area contributed by atoms with Gasteiger partial charge in [-0.1, -0.05) is 6.92 Å². The number of nitrogens with zero attached hydrogens (tertiary/aromatic N) is 3. The minimum Gasteiger partial charge on any atom is -0.479 e. The van der Waals surface area contributed by atoms with Crippen molar-refractivity contribution in [2.24, 2.45) is 7.05 Å². The van der Waals surface area contributed by atoms with Crippen LogP contribution in [-0.2, 0) is 23.0 Å². The molecule has 0 amide bonds. The molecule has 1 saturated heterocycles. The monoisotopic (exact) mass is 225 g/mol. The van der Waals surface area contributed by atoms with Gasteiger partial charge in [0.2, 0.25) is 0 Å². The van der Waals surface area contributed by atoms with Crippen LogP contribution in [0.15, 0.2) is 0 Å². The van der Waals surface area contributed by atoms with E-state index in [0.29, 0.717) is 12.8 Å². The first-order valence-electron chi connectivity index (χ1n) is 5.40. The molecule has 2 rings (SSSR count). The highest BCUT2D eigenvalue weighted by Gasteiger charge is 2.33. The number of rotatable bonds is 3. The summed E-state index contributed by atoms with van der Waals surface area (Å²) in [5, 5.41) is 13.1. The lowest BCUT2D eigenvalue weighted by molar-refractivity contribution is -0.149. The normalized spacial score (nSPS) is 24.9. The van der Waals surface area contributed by atoms with Crippen LogP contribution in [0.25, 0.3) is 0 Å². The summed E-state index contributed by atoms with van der Waals surface area (Å²) in [6.45, 7) is 1.98. The molecule has 16 heavy (non-hydrogen) atoms. The van der Waals surface area contributed by atoms with E-state index >= 15 is 0 Å². The van der Waals surface area contributed by atoms with Gasteiger partial charge in [0.25, 0.3) is 0 Å². The van der Waals surface area contributed by atoms with Crippen molar-refractivity contribution < 1.29 is 14.6 Å². The molecule has 1 fully saturated rings. The van der Waals surface area contributed by atoms with E-state index in [9.17, 15) is 4.79 Å². The number of carboxylic acid groups (broad SMARTS) is 1. The molecule has 1 aliphatic rings. The Morgan fingerprint density at radius 1 is 1.62 bits per heavy atom. The van der Waals surface area contributed by atoms with Gasteiger partial charge in [0.05, 0.1) is 0 Å². The van der Waals surface area contributed by atoms with E-state index in [-0.39, 0.29) is 6.10 Å². The topological polar surface area (TPSA) is 77.2 Å². The Bertz CT molecular complexity index is 402. The van der Waals surface area contributed by atoms with Crippen LogP contribution >= 0.6 is 0 Å². The minimum absolute atomic E-state index is 0.237. The van der Waals surface area contributed by atoms with Gasteiger partial charge in [0.1, 0.15) is 6.10 Å². The van der Waals surface area contributed by atoms with Gasteiger partial charge in [-0.15, -0.1) is 0 Å². The molecule has 0 spiro atoms. The fraction of sp³-hybridized carbons (Fsp3) is 0.700. The number of aryl methyl sites for hydroxylation is 2. The molecule has 0 saturated carbocycles. The third-order valence-electron chi connectivity index (χ3n) is 2.74. The van der Waals surface area contributed by atoms with Crippen molar-refractivity contribution in [2.45, 2.75) is 38.4 Å². The molecule has 2 heterocycles. The van der Waals surface area contributed by atoms with Crippen molar-refractivity contribution in [3.8, 4) is 0 Å². The van der Waals surface area contributed by atoms with Crippen molar-refractivity contribution >= 4 is 5.97 Å². The van der Waals surface area contributed by atoms with Crippen LogP contribution in [-0.4, -0.2) is 31.9 Å². The molecule has 2 atom stereocenters. The average molecular weight is 225 g/mol. The van der Waals surface area contributed by atoms with Crippen LogP contribution in [0.5, 0.6) is 0 Å². The predicted molar refractivity (Wildman–Crippen MR) is 54.9 cm³/mol. The van der Waals surface area contributed by atoms with Crippen LogP contribution < -0.4 is 0 Å². The zero-order valence-corrected chi connectivity index (χ0v) is 9.38. The Kier molecular flexibility index (Phi) is 2.91. The molecule has 0 radical (unpaired) electrons. The Morgan fingerprint density at radius 2 is 2.38 bits per heavy atom. The molecule has 1 aromatic heterocycles. The van der Waals surface area contributed by atoms with Gasteiger partial charge in [-0.3, -0.25) is 4.68 Å². The van der Waals surface area contributed by atoms with Crippen molar-refractivity contribution in [3.63, 3.8) is 0 Å². The molecular formula is C10H15N3O3. The van der Waals surface area contributed by atoms with E-state index in [4.69, 9.17) is 9.84 Å². The fourth-order valence-electron chi connectivity index (χ4n) is 1.89. The number of ether oxygens (including phenoxy) is 1. The number of aromatic nitrogens is 3. The SMILES string of the molecule is CCc1nc(C2CCC(C(=O)O)O2)n(C)n1. The fourth-order valence-corrected chi connectivity index (χ4v) is 1.89. The number of carbonyl (C=O) groups is 1. The molecule has 1 aliphatic heterocycles. The predicted octanol–water partition coefficient (Wildman–Crippen LogP) is 0.682. The van der Waals surface area contributed by atoms with Gasteiger partial charge < -0.3 is 9.84 Å². The van der Waals surface area contributed by atoms with E-state index in [1.54, 1.807) is 11.7 Å². The summed E-state index contributed by atoms with van der Waals surface area (Å²) in [7, 11) is 1.80. The summed E-state index contributed by atoms with van der Waals surface area (Å²) >= 11 is 0. The summed E-state index contributed by atoms with van der Waals surface area (Å²) < 4.78 is 7.10. The molecule has 0 aliphatic carbocycles. The Hall–Kier alpha value is -1.43. The van der Waals surface area contributed by atoms with Gasteiger partial charge in [0, 0.05) is 13.5 Å². The second-order valence-electron chi connectivity index (χ2n) is 3.89. The van der Waals surface area contributed by atoms with Gasteiger partial charge in [0.15, 0.2) is 17.8 Å². The highest BCUT2D eigenvalue weighted by molar-refractivity contribution is 5.72. The van der Waals surface area contributed by atoms with Crippen LogP contribution in [0.4, 0.5) is 0 Å². The van der Waals surface area contributed by atoms with Crippen molar-refractivity contribution in [2.75, 3.05) is 0 Å². The quantitative estimate of drug-likeness (QED) is 0.818. The lowest BCUT2D eigenvalue weighted by atomic mass is 10.2. The summed E-state index contributed by atoms with van der Waals surface area (Å²) in [6, 6.07) is 0. The molecule has 1 aromatic rings. The summed E-state index contributed by atoms with van der Waals surface area (Å²) in [5.74, 6) is 0.584. The lowest BCUT2D eigenvalue weighted by Crippen LogP contribution is -2.19. The average Bonchev–Trinajstić information content (AvgIpc) is 2.83. The maximum absolute atomic E-state index is 10.8. The third kappa shape index (κ3) is 1.92. The van der Waals surface area contributed by atoms with E-state index in [1.807, 2.05) is 6.92 Å². The van der Waals surface area contributed by atoms with Crippen LogP contribution in [0.2, 0.25) is 0 Å². The van der Waals surface area contributed by atoms with Gasteiger partial charge in [-0.05, 0) is 12.8 Å². The molecule has 0 bridgehead atoms. The molecule has 2 unspecified atom stereocenters. The Morgan fingerprint density at radius 3 is 2.88 bits per heavy atom. The zero-order chi connectivity index (χ0) is 11.7. The lowest BCUT2D eigenvalue weighted by Gasteiger charge is -2.09. The van der Waals surface area contributed by atoms with E-state index < -0.39 is 12.1 Å². The van der Waals surface area contributed by atoms with Gasteiger partial charge in [-0.25, -0.2) is 9.78 Å². The summed E-state index contributed by atoms with van der Waals surface area (Å²) in [5.41, 5.74) is 0.